The number of rotatable bonds is 5. The van der Waals surface area contributed by atoms with Crippen LogP contribution in [-0.2, 0) is 4.79 Å². The first-order valence-electron chi connectivity index (χ1n) is 4.07. The lowest BCUT2D eigenvalue weighted by atomic mass is 10.2. The first-order chi connectivity index (χ1) is 7.11. The number of carbonyl (C=O) groups excluding carboxylic acids is 1. The Morgan fingerprint density at radius 3 is 2.87 bits per heavy atom. The van der Waals surface area contributed by atoms with Gasteiger partial charge in [0.15, 0.2) is 11.8 Å². The van der Waals surface area contributed by atoms with Gasteiger partial charge in [0.2, 0.25) is 0 Å². The Labute approximate surface area is 88.9 Å². The number of nitrogens with zero attached hydrogens (tertiary/aromatic N) is 2. The molecule has 0 saturated heterocycles. The lowest BCUT2D eigenvalue weighted by Gasteiger charge is -2.05. The molecule has 1 rings (SSSR count). The highest BCUT2D eigenvalue weighted by molar-refractivity contribution is 7.03. The molecule has 0 bridgehead atoms. The molecule has 0 aliphatic heterocycles. The molecule has 0 aliphatic carbocycles. The Morgan fingerprint density at radius 2 is 2.33 bits per heavy atom. The molecule has 1 aromatic rings. The maximum atomic E-state index is 11.2. The van der Waals surface area contributed by atoms with Crippen LogP contribution in [0.1, 0.15) is 16.9 Å². The summed E-state index contributed by atoms with van der Waals surface area (Å²) in [5.74, 6) is -1.74. The molecule has 82 valence electrons. The van der Waals surface area contributed by atoms with Gasteiger partial charge in [0.25, 0.3) is 5.91 Å². The number of aliphatic carboxylic acids is 1. The molecule has 1 atom stereocenters. The van der Waals surface area contributed by atoms with Crippen molar-refractivity contribution >= 4 is 23.4 Å². The zero-order valence-corrected chi connectivity index (χ0v) is 8.40. The summed E-state index contributed by atoms with van der Waals surface area (Å²) >= 11 is 1.05. The van der Waals surface area contributed by atoms with Gasteiger partial charge in [0.05, 0.1) is 0 Å². The van der Waals surface area contributed by atoms with Crippen molar-refractivity contribution in [2.45, 2.75) is 12.5 Å². The van der Waals surface area contributed by atoms with E-state index in [1.54, 1.807) is 0 Å². The predicted octanol–water partition coefficient (Wildman–Crippen LogP) is -0.897. The van der Waals surface area contributed by atoms with Gasteiger partial charge in [0, 0.05) is 18.3 Å². The van der Waals surface area contributed by atoms with E-state index < -0.39 is 18.0 Å². The minimum absolute atomic E-state index is 0.0430. The number of carbonyl (C=O) groups is 2. The number of amides is 1. The molecule has 0 fully saturated rings. The third-order valence-corrected chi connectivity index (χ3v) is 2.09. The van der Waals surface area contributed by atoms with Crippen LogP contribution in [0.25, 0.3) is 0 Å². The fourth-order valence-electron chi connectivity index (χ4n) is 0.800. The zero-order chi connectivity index (χ0) is 11.3. The van der Waals surface area contributed by atoms with Gasteiger partial charge in [-0.2, -0.15) is 0 Å². The number of carboxylic acid groups (broad SMARTS) is 1. The number of aliphatic hydroxyl groups excluding tert-OH is 1. The van der Waals surface area contributed by atoms with Crippen LogP contribution >= 0.6 is 11.5 Å². The largest absolute Gasteiger partial charge is 0.479 e. The molecule has 1 heterocycles. The van der Waals surface area contributed by atoms with Gasteiger partial charge in [-0.3, -0.25) is 4.79 Å². The van der Waals surface area contributed by atoms with Crippen molar-refractivity contribution in [3.8, 4) is 0 Å². The molecule has 8 heteroatoms. The smallest absolute Gasteiger partial charge is 0.332 e. The Morgan fingerprint density at radius 1 is 1.60 bits per heavy atom. The molecule has 0 saturated carbocycles. The molecule has 0 unspecified atom stereocenters. The second-order valence-corrected chi connectivity index (χ2v) is 3.30. The number of nitrogens with one attached hydrogen (secondary N) is 1. The molecule has 1 amide bonds. The van der Waals surface area contributed by atoms with Crippen LogP contribution in [-0.4, -0.2) is 44.3 Å². The van der Waals surface area contributed by atoms with Crippen LogP contribution in [0.3, 0.4) is 0 Å². The van der Waals surface area contributed by atoms with Gasteiger partial charge in [0.1, 0.15) is 0 Å². The molecule has 0 aromatic carbocycles. The van der Waals surface area contributed by atoms with Gasteiger partial charge in [-0.1, -0.05) is 4.49 Å². The van der Waals surface area contributed by atoms with Crippen LogP contribution in [0.4, 0.5) is 0 Å². The summed E-state index contributed by atoms with van der Waals surface area (Å²) in [6.45, 7) is 0.0732. The summed E-state index contributed by atoms with van der Waals surface area (Å²) in [5, 5.41) is 24.7. The third-order valence-electron chi connectivity index (χ3n) is 1.58. The van der Waals surface area contributed by atoms with E-state index in [0.717, 1.165) is 11.5 Å². The number of aromatic nitrogens is 2. The Bertz CT molecular complexity index is 340. The van der Waals surface area contributed by atoms with E-state index in [4.69, 9.17) is 10.2 Å². The number of aliphatic hydroxyl groups is 1. The lowest BCUT2D eigenvalue weighted by molar-refractivity contribution is -0.146. The van der Waals surface area contributed by atoms with Gasteiger partial charge in [-0.05, 0) is 11.5 Å². The molecular formula is C7H9N3O4S. The highest BCUT2D eigenvalue weighted by Gasteiger charge is 2.14. The van der Waals surface area contributed by atoms with E-state index in [1.165, 1.54) is 5.38 Å². The molecular weight excluding hydrogens is 222 g/mol. The molecule has 1 aromatic heterocycles. The highest BCUT2D eigenvalue weighted by atomic mass is 32.1. The van der Waals surface area contributed by atoms with E-state index in [0.29, 0.717) is 0 Å². The Hall–Kier alpha value is -1.54. The molecule has 0 aliphatic rings. The summed E-state index contributed by atoms with van der Waals surface area (Å²) in [7, 11) is 0. The fraction of sp³-hybridized carbons (Fsp3) is 0.429. The minimum atomic E-state index is -1.46. The van der Waals surface area contributed by atoms with Gasteiger partial charge in [-0.15, -0.1) is 5.10 Å². The number of carboxylic acids is 1. The SMILES string of the molecule is O=C(NCC[C@H](O)C(=O)O)c1csnn1. The van der Waals surface area contributed by atoms with Crippen LogP contribution < -0.4 is 5.32 Å². The molecule has 15 heavy (non-hydrogen) atoms. The zero-order valence-electron chi connectivity index (χ0n) is 7.58. The third kappa shape index (κ3) is 3.60. The minimum Gasteiger partial charge on any atom is -0.479 e. The van der Waals surface area contributed by atoms with Crippen LogP contribution in [0.15, 0.2) is 5.38 Å². The average Bonchev–Trinajstić information content (AvgIpc) is 2.70. The lowest BCUT2D eigenvalue weighted by Crippen LogP contribution is -2.30. The van der Waals surface area contributed by atoms with E-state index in [-0.39, 0.29) is 18.7 Å². The normalized spacial score (nSPS) is 12.1. The quantitative estimate of drug-likeness (QED) is 0.605. The molecule has 0 radical (unpaired) electrons. The first kappa shape index (κ1) is 11.5. The standard InChI is InChI=1S/C7H9N3O4S/c11-5(7(13)14)1-2-8-6(12)4-3-15-10-9-4/h3,5,11H,1-2H2,(H,8,12)(H,13,14)/t5-/m0/s1. The van der Waals surface area contributed by atoms with Gasteiger partial charge < -0.3 is 15.5 Å². The molecule has 3 N–H and O–H groups in total. The average molecular weight is 231 g/mol. The maximum absolute atomic E-state index is 11.2. The second-order valence-electron chi connectivity index (χ2n) is 2.69. The van der Waals surface area contributed by atoms with E-state index >= 15 is 0 Å². The van der Waals surface area contributed by atoms with Crippen molar-refractivity contribution in [1.82, 2.24) is 14.9 Å². The van der Waals surface area contributed by atoms with Crippen molar-refractivity contribution < 1.29 is 19.8 Å². The van der Waals surface area contributed by atoms with E-state index in [9.17, 15) is 9.59 Å². The number of hydrogen-bond acceptors (Lipinski definition) is 6. The van der Waals surface area contributed by atoms with E-state index in [2.05, 4.69) is 14.9 Å². The Kier molecular flexibility index (Phi) is 4.13. The fourth-order valence-corrected chi connectivity index (χ4v) is 1.24. The van der Waals surface area contributed by atoms with E-state index in [1.807, 2.05) is 0 Å². The van der Waals surface area contributed by atoms with Crippen LogP contribution in [0.2, 0.25) is 0 Å². The summed E-state index contributed by atoms with van der Waals surface area (Å²) in [6.07, 6.45) is -1.50. The summed E-state index contributed by atoms with van der Waals surface area (Å²) in [6, 6.07) is 0. The summed E-state index contributed by atoms with van der Waals surface area (Å²) in [5.41, 5.74) is 0.185. The van der Waals surface area contributed by atoms with Crippen molar-refractivity contribution in [3.05, 3.63) is 11.1 Å². The molecule has 0 spiro atoms. The maximum Gasteiger partial charge on any atom is 0.332 e. The van der Waals surface area contributed by atoms with Crippen molar-refractivity contribution in [1.29, 1.82) is 0 Å². The monoisotopic (exact) mass is 231 g/mol. The van der Waals surface area contributed by atoms with Crippen LogP contribution in [0.5, 0.6) is 0 Å². The highest BCUT2D eigenvalue weighted by Crippen LogP contribution is 1.96. The summed E-state index contributed by atoms with van der Waals surface area (Å²) < 4.78 is 3.50. The number of hydrogen-bond donors (Lipinski definition) is 3. The van der Waals surface area contributed by atoms with Gasteiger partial charge >= 0.3 is 5.97 Å². The second kappa shape index (κ2) is 5.37. The Balaban J connectivity index is 2.27. The molecule has 7 nitrogen and oxygen atoms in total. The van der Waals surface area contributed by atoms with Crippen molar-refractivity contribution in [2.75, 3.05) is 6.54 Å². The predicted molar refractivity (Wildman–Crippen MR) is 50.5 cm³/mol. The van der Waals surface area contributed by atoms with Gasteiger partial charge in [-0.25, -0.2) is 4.79 Å². The van der Waals surface area contributed by atoms with Crippen LogP contribution in [0, 0.1) is 0 Å². The van der Waals surface area contributed by atoms with Crippen molar-refractivity contribution in [3.63, 3.8) is 0 Å². The first-order valence-corrected chi connectivity index (χ1v) is 4.91. The topological polar surface area (TPSA) is 112 Å². The van der Waals surface area contributed by atoms with Crippen molar-refractivity contribution in [2.24, 2.45) is 0 Å². The summed E-state index contributed by atoms with van der Waals surface area (Å²) in [4.78, 5) is 21.4.